The summed E-state index contributed by atoms with van der Waals surface area (Å²) in [5.41, 5.74) is -4.03. The zero-order valence-corrected chi connectivity index (χ0v) is 34.4. The van der Waals surface area contributed by atoms with Gasteiger partial charge in [0.1, 0.15) is 0 Å². The van der Waals surface area contributed by atoms with Gasteiger partial charge in [-0.25, -0.2) is 36.8 Å². The normalized spacial score (nSPS) is 11.7. The second-order valence-electron chi connectivity index (χ2n) is 11.0. The molecule has 0 aliphatic carbocycles. The second kappa shape index (κ2) is 23.0. The van der Waals surface area contributed by atoms with Crippen LogP contribution in [0.4, 0.5) is 38.2 Å². The molecule has 0 bridgehead atoms. The smallest absolute Gasteiger partial charge is 0.741 e. The van der Waals surface area contributed by atoms with Crippen molar-refractivity contribution in [1.29, 1.82) is 5.26 Å². The number of hydrazone groups is 2. The second-order valence-corrected chi connectivity index (χ2v) is 13.8. The van der Waals surface area contributed by atoms with Gasteiger partial charge in [-0.2, -0.15) is 41.8 Å². The Labute approximate surface area is 349 Å². The molecule has 60 heavy (non-hydrogen) atoms. The summed E-state index contributed by atoms with van der Waals surface area (Å²) in [5.74, 6) is 1.42. The van der Waals surface area contributed by atoms with E-state index < -0.39 is 31.3 Å². The first-order chi connectivity index (χ1) is 27.4. The number of nitrogens with one attached hydrogen (secondary N) is 2. The molecule has 322 valence electrons. The number of alkyl halides is 6. The summed E-state index contributed by atoms with van der Waals surface area (Å²) in [7, 11) is -8.45. The number of hydrogen-bond donors (Lipinski definition) is 2. The van der Waals surface area contributed by atoms with Gasteiger partial charge in [0, 0.05) is 33.4 Å². The molecule has 0 saturated carbocycles. The van der Waals surface area contributed by atoms with Crippen LogP contribution >= 0.6 is 0 Å². The molecule has 0 fully saturated rings. The molecule has 0 saturated heterocycles. The first kappa shape index (κ1) is 52.0. The Kier molecular flexibility index (Phi) is 19.9. The quantitative estimate of drug-likeness (QED) is 0.0467. The Morgan fingerprint density at radius 1 is 0.650 bits per heavy atom. The van der Waals surface area contributed by atoms with Crippen molar-refractivity contribution in [1.82, 2.24) is 29.9 Å². The van der Waals surface area contributed by atoms with Crippen LogP contribution in [-0.4, -0.2) is 92.4 Å². The Hall–Kier alpha value is -5.97. The number of aromatic amines is 2. The average molecular weight is 926 g/mol. The van der Waals surface area contributed by atoms with E-state index in [9.17, 15) is 26.3 Å². The van der Waals surface area contributed by atoms with E-state index in [-0.39, 0.29) is 17.1 Å². The molecule has 6 rings (SSSR count). The standard InChI is InChI=1S/2C15H15N5.C2H3N.2CHF3O3S.Fe/c2*1-11(12-7-5-6-10-16-12)19-20(2)15-17-13-8-3-4-9-14(13)18-15;1-2-3;2*2-1(3,4)8(5,6)7;/h2*3-10H,1-2H3,(H,17,18);1H3;2*(H,5,6,7);/q;;;;;+2/p-2/b2*19-11+;;;;. The molecule has 17 nitrogen and oxygen atoms in total. The van der Waals surface area contributed by atoms with Gasteiger partial charge >= 0.3 is 28.1 Å². The molecule has 4 aromatic heterocycles. The number of aromatic nitrogens is 6. The van der Waals surface area contributed by atoms with Crippen molar-refractivity contribution >= 4 is 65.6 Å². The fourth-order valence-electron chi connectivity index (χ4n) is 3.99. The topological polar surface area (TPSA) is 253 Å². The number of halogens is 6. The maximum absolute atomic E-state index is 10.7. The zero-order chi connectivity index (χ0) is 44.6. The molecule has 0 radical (unpaired) electrons. The average Bonchev–Trinajstić information content (AvgIpc) is 3.80. The monoisotopic (exact) mass is 925 g/mol. The summed E-state index contributed by atoms with van der Waals surface area (Å²) in [4.78, 5) is 24.0. The number of hydrogen-bond acceptors (Lipinski definition) is 15. The molecule has 6 aromatic rings. The zero-order valence-electron chi connectivity index (χ0n) is 31.6. The molecule has 0 spiro atoms. The van der Waals surface area contributed by atoms with Crippen LogP contribution < -0.4 is 10.0 Å². The number of rotatable bonds is 6. The van der Waals surface area contributed by atoms with E-state index in [0.717, 1.165) is 44.9 Å². The van der Waals surface area contributed by atoms with Gasteiger partial charge < -0.3 is 19.1 Å². The third kappa shape index (κ3) is 16.7. The van der Waals surface area contributed by atoms with Crippen molar-refractivity contribution in [2.45, 2.75) is 31.8 Å². The van der Waals surface area contributed by atoms with E-state index in [1.54, 1.807) is 28.5 Å². The van der Waals surface area contributed by atoms with Crippen LogP contribution in [0.5, 0.6) is 0 Å². The van der Waals surface area contributed by atoms with Crippen LogP contribution in [0.2, 0.25) is 0 Å². The van der Waals surface area contributed by atoms with Gasteiger partial charge in [-0.15, -0.1) is 0 Å². The molecule has 0 amide bonds. The van der Waals surface area contributed by atoms with Crippen molar-refractivity contribution < 1.29 is 69.4 Å². The number of benzene rings is 2. The van der Waals surface area contributed by atoms with E-state index in [4.69, 9.17) is 31.2 Å². The predicted molar refractivity (Wildman–Crippen MR) is 205 cm³/mol. The Morgan fingerprint density at radius 2 is 0.933 bits per heavy atom. The first-order valence-corrected chi connectivity index (χ1v) is 18.9. The molecule has 0 aliphatic heterocycles. The fraction of sp³-hybridized carbons (Fsp3) is 0.206. The van der Waals surface area contributed by atoms with Crippen molar-refractivity contribution in [3.8, 4) is 6.07 Å². The van der Waals surface area contributed by atoms with E-state index in [1.165, 1.54) is 6.92 Å². The summed E-state index contributed by atoms with van der Waals surface area (Å²) in [6, 6.07) is 29.1. The predicted octanol–water partition coefficient (Wildman–Crippen LogP) is 6.27. The third-order valence-electron chi connectivity index (χ3n) is 6.60. The minimum Gasteiger partial charge on any atom is -0.741 e. The molecular formula is C34H33F6FeN11O6S2. The Bertz CT molecular complexity index is 2350. The van der Waals surface area contributed by atoms with Gasteiger partial charge in [-0.3, -0.25) is 9.97 Å². The van der Waals surface area contributed by atoms with Crippen LogP contribution in [0.25, 0.3) is 22.1 Å². The van der Waals surface area contributed by atoms with Crippen LogP contribution in [0, 0.1) is 11.3 Å². The number of imidazole rings is 2. The van der Waals surface area contributed by atoms with Crippen molar-refractivity contribution in [3.05, 3.63) is 109 Å². The SMILES string of the molecule is C/C(=N\N(C)c1nc2ccccc2[nH]1)c1ccccn1.C/C(=N\N(C)c1nc2ccccc2[nH]1)c1ccccn1.CC#N.O=S(=O)([O-])C(F)(F)F.O=S(=O)([O-])C(F)(F)F.[Fe+2]. The number of H-pyrrole nitrogens is 2. The van der Waals surface area contributed by atoms with E-state index in [1.807, 2.05) is 113 Å². The van der Waals surface area contributed by atoms with Crippen molar-refractivity contribution in [3.63, 3.8) is 0 Å². The summed E-state index contributed by atoms with van der Waals surface area (Å²) < 4.78 is 118. The largest absolute Gasteiger partial charge is 2.00 e. The van der Waals surface area contributed by atoms with Gasteiger partial charge in [0.2, 0.25) is 11.9 Å². The number of nitriles is 1. The van der Waals surface area contributed by atoms with Crippen molar-refractivity contribution in [2.75, 3.05) is 24.1 Å². The van der Waals surface area contributed by atoms with Crippen LogP contribution in [0.15, 0.2) is 108 Å². The molecule has 0 atom stereocenters. The van der Waals surface area contributed by atoms with E-state index >= 15 is 0 Å². The van der Waals surface area contributed by atoms with E-state index in [2.05, 4.69) is 40.1 Å². The molecular weight excluding hydrogens is 892 g/mol. The number of pyridine rings is 2. The van der Waals surface area contributed by atoms with Gasteiger partial charge in [0.15, 0.2) is 20.2 Å². The maximum Gasteiger partial charge on any atom is 2.00 e. The molecule has 2 aromatic carbocycles. The van der Waals surface area contributed by atoms with Gasteiger partial charge in [0.25, 0.3) is 0 Å². The minimum absolute atomic E-state index is 0. The molecule has 26 heteroatoms. The van der Waals surface area contributed by atoms with Crippen LogP contribution in [-0.2, 0) is 37.3 Å². The third-order valence-corrected chi connectivity index (χ3v) is 7.74. The van der Waals surface area contributed by atoms with Crippen molar-refractivity contribution in [2.24, 2.45) is 10.2 Å². The molecule has 0 aliphatic rings. The first-order valence-electron chi connectivity index (χ1n) is 16.0. The molecule has 0 unspecified atom stereocenters. The summed E-state index contributed by atoms with van der Waals surface area (Å²) in [6.45, 7) is 5.29. The number of nitrogens with zero attached hydrogens (tertiary/aromatic N) is 9. The molecule has 2 N–H and O–H groups in total. The Balaban J connectivity index is 0.000000421. The number of fused-ring (bicyclic) bond motifs is 2. The summed E-state index contributed by atoms with van der Waals surface area (Å²) in [6.07, 6.45) is 3.52. The summed E-state index contributed by atoms with van der Waals surface area (Å²) >= 11 is 0. The van der Waals surface area contributed by atoms with E-state index in [0.29, 0.717) is 11.9 Å². The number of para-hydroxylation sites is 4. The molecule has 4 heterocycles. The fourth-order valence-corrected chi connectivity index (χ4v) is 3.99. The van der Waals surface area contributed by atoms with Gasteiger partial charge in [-0.1, -0.05) is 36.4 Å². The minimum atomic E-state index is -6.09. The summed E-state index contributed by atoms with van der Waals surface area (Å²) in [5, 5.41) is 19.8. The van der Waals surface area contributed by atoms with Gasteiger partial charge in [0.05, 0.1) is 50.9 Å². The van der Waals surface area contributed by atoms with Crippen LogP contribution in [0.1, 0.15) is 32.2 Å². The Morgan fingerprint density at radius 3 is 1.18 bits per heavy atom. The van der Waals surface area contributed by atoms with Crippen LogP contribution in [0.3, 0.4) is 0 Å². The number of anilines is 2. The van der Waals surface area contributed by atoms with Gasteiger partial charge in [-0.05, 0) is 62.4 Å². The maximum atomic E-state index is 10.7.